The van der Waals surface area contributed by atoms with Crippen LogP contribution in [0.25, 0.3) is 0 Å². The Bertz CT molecular complexity index is 1330. The summed E-state index contributed by atoms with van der Waals surface area (Å²) in [5.41, 5.74) is 0. The van der Waals surface area contributed by atoms with Crippen LogP contribution in [0.4, 0.5) is 0 Å². The first kappa shape index (κ1) is 65.6. The van der Waals surface area contributed by atoms with E-state index in [1.807, 2.05) is 0 Å². The maximum atomic E-state index is 12.8. The standard InChI is InChI=1S/C63H108O6/c1-4-7-10-13-16-19-22-24-25-26-27-28-29-30-31-32-33-34-35-36-37-39-41-44-47-50-53-56-62(65)68-59-60(58-67-61(64)55-52-49-46-43-40-21-18-15-12-9-6-3)69-63(66)57-54-51-48-45-42-38-23-20-17-14-11-8-5-2/h7,10-11,14-16,18-20,23-25,27-28,60H,4-6,8-9,12-13,17,21-22,26,29-59H2,1-3H3/b10-7-,14-11-,18-15-,19-16-,23-20-,25-24-,28-27-. The minimum atomic E-state index is -0.786. The van der Waals surface area contributed by atoms with Crippen LogP contribution < -0.4 is 0 Å². The summed E-state index contributed by atoms with van der Waals surface area (Å²) in [4.78, 5) is 38.1. The van der Waals surface area contributed by atoms with Crippen LogP contribution in [0.1, 0.15) is 278 Å². The van der Waals surface area contributed by atoms with Gasteiger partial charge in [-0.25, -0.2) is 0 Å². The molecule has 0 aliphatic heterocycles. The minimum Gasteiger partial charge on any atom is -0.462 e. The van der Waals surface area contributed by atoms with E-state index in [1.54, 1.807) is 0 Å². The van der Waals surface area contributed by atoms with E-state index in [1.165, 1.54) is 116 Å². The summed E-state index contributed by atoms with van der Waals surface area (Å²) in [5, 5.41) is 0. The van der Waals surface area contributed by atoms with Gasteiger partial charge in [0.15, 0.2) is 6.10 Å². The molecule has 0 aromatic heterocycles. The van der Waals surface area contributed by atoms with E-state index in [9.17, 15) is 14.4 Å². The quantitative estimate of drug-likeness (QED) is 0.0262. The Kier molecular flexibility index (Phi) is 54.3. The van der Waals surface area contributed by atoms with Crippen molar-refractivity contribution in [3.8, 4) is 0 Å². The second-order valence-electron chi connectivity index (χ2n) is 19.2. The molecule has 0 radical (unpaired) electrons. The van der Waals surface area contributed by atoms with Crippen molar-refractivity contribution in [3.63, 3.8) is 0 Å². The van der Waals surface area contributed by atoms with E-state index in [2.05, 4.69) is 106 Å². The van der Waals surface area contributed by atoms with Crippen LogP contribution in [-0.4, -0.2) is 37.2 Å². The molecule has 0 amide bonds. The van der Waals surface area contributed by atoms with Gasteiger partial charge in [-0.3, -0.25) is 14.4 Å². The van der Waals surface area contributed by atoms with Gasteiger partial charge in [0, 0.05) is 19.3 Å². The highest BCUT2D eigenvalue weighted by Gasteiger charge is 2.19. The Hall–Kier alpha value is -3.41. The predicted octanol–water partition coefficient (Wildman–Crippen LogP) is 19.5. The minimum absolute atomic E-state index is 0.0840. The molecule has 1 atom stereocenters. The third-order valence-electron chi connectivity index (χ3n) is 12.3. The third kappa shape index (κ3) is 55.4. The molecular weight excluding hydrogens is 853 g/mol. The molecule has 0 aromatic carbocycles. The van der Waals surface area contributed by atoms with Crippen molar-refractivity contribution in [2.24, 2.45) is 0 Å². The summed E-state index contributed by atoms with van der Waals surface area (Å²) in [6, 6.07) is 0. The molecule has 0 aliphatic rings. The number of carbonyl (C=O) groups excluding carboxylic acids is 3. The van der Waals surface area contributed by atoms with E-state index < -0.39 is 6.10 Å². The van der Waals surface area contributed by atoms with Crippen molar-refractivity contribution in [2.45, 2.75) is 284 Å². The summed E-state index contributed by atoms with van der Waals surface area (Å²) in [6.07, 6.45) is 74.5. The number of ether oxygens (including phenoxy) is 3. The van der Waals surface area contributed by atoms with Gasteiger partial charge in [-0.05, 0) is 103 Å². The average Bonchev–Trinajstić information content (AvgIpc) is 3.35. The molecule has 0 aliphatic carbocycles. The highest BCUT2D eigenvalue weighted by Crippen LogP contribution is 2.16. The monoisotopic (exact) mass is 961 g/mol. The van der Waals surface area contributed by atoms with Crippen molar-refractivity contribution in [1.29, 1.82) is 0 Å². The summed E-state index contributed by atoms with van der Waals surface area (Å²) < 4.78 is 16.8. The lowest BCUT2D eigenvalue weighted by atomic mass is 10.0. The number of esters is 3. The maximum absolute atomic E-state index is 12.8. The van der Waals surface area contributed by atoms with Crippen LogP contribution in [0.15, 0.2) is 85.1 Å². The first-order valence-electron chi connectivity index (χ1n) is 29.1. The molecule has 0 spiro atoms. The molecule has 0 bridgehead atoms. The van der Waals surface area contributed by atoms with E-state index in [4.69, 9.17) is 14.2 Å². The van der Waals surface area contributed by atoms with Gasteiger partial charge < -0.3 is 14.2 Å². The van der Waals surface area contributed by atoms with Crippen molar-refractivity contribution in [3.05, 3.63) is 85.1 Å². The lowest BCUT2D eigenvalue weighted by molar-refractivity contribution is -0.167. The Labute approximate surface area is 426 Å². The SMILES string of the molecule is CC/C=C\C/C=C\C/C=C\C/C=C\CCCCCCCCCCCCCCCCC(=O)OCC(COC(=O)CCCCCCC/C=C\CCCC)OC(=O)CCCCCCC/C=C\C/C=C\CCC. The summed E-state index contributed by atoms with van der Waals surface area (Å²) >= 11 is 0. The molecule has 0 fully saturated rings. The van der Waals surface area contributed by atoms with Gasteiger partial charge in [0.2, 0.25) is 0 Å². The first-order valence-corrected chi connectivity index (χ1v) is 29.1. The highest BCUT2D eigenvalue weighted by atomic mass is 16.6. The molecule has 0 aromatic rings. The van der Waals surface area contributed by atoms with Crippen molar-refractivity contribution in [2.75, 3.05) is 13.2 Å². The van der Waals surface area contributed by atoms with Crippen molar-refractivity contribution < 1.29 is 28.6 Å². The van der Waals surface area contributed by atoms with Gasteiger partial charge in [-0.15, -0.1) is 0 Å². The van der Waals surface area contributed by atoms with Gasteiger partial charge >= 0.3 is 17.9 Å². The zero-order valence-electron chi connectivity index (χ0n) is 45.3. The number of hydrogen-bond donors (Lipinski definition) is 0. The Morgan fingerprint density at radius 2 is 0.594 bits per heavy atom. The van der Waals surface area contributed by atoms with E-state index >= 15 is 0 Å². The van der Waals surface area contributed by atoms with Gasteiger partial charge in [0.25, 0.3) is 0 Å². The normalized spacial score (nSPS) is 12.7. The van der Waals surface area contributed by atoms with E-state index in [-0.39, 0.29) is 31.1 Å². The number of carbonyl (C=O) groups is 3. The van der Waals surface area contributed by atoms with E-state index in [0.717, 1.165) is 122 Å². The summed E-state index contributed by atoms with van der Waals surface area (Å²) in [7, 11) is 0. The van der Waals surface area contributed by atoms with Gasteiger partial charge in [-0.1, -0.05) is 241 Å². The largest absolute Gasteiger partial charge is 0.462 e. The lowest BCUT2D eigenvalue weighted by Crippen LogP contribution is -2.30. The summed E-state index contributed by atoms with van der Waals surface area (Å²) in [5.74, 6) is -0.905. The Morgan fingerprint density at radius 1 is 0.304 bits per heavy atom. The molecule has 6 nitrogen and oxygen atoms in total. The van der Waals surface area contributed by atoms with Crippen LogP contribution in [0.2, 0.25) is 0 Å². The molecule has 0 heterocycles. The maximum Gasteiger partial charge on any atom is 0.306 e. The zero-order chi connectivity index (χ0) is 50.0. The topological polar surface area (TPSA) is 78.9 Å². The highest BCUT2D eigenvalue weighted by molar-refractivity contribution is 5.71. The number of allylic oxidation sites excluding steroid dienone is 14. The fraction of sp³-hybridized carbons (Fsp3) is 0.730. The Morgan fingerprint density at radius 3 is 0.957 bits per heavy atom. The zero-order valence-corrected chi connectivity index (χ0v) is 45.3. The number of hydrogen-bond acceptors (Lipinski definition) is 6. The second kappa shape index (κ2) is 57.2. The third-order valence-corrected chi connectivity index (χ3v) is 12.3. The molecule has 0 saturated heterocycles. The molecule has 6 heteroatoms. The fourth-order valence-electron chi connectivity index (χ4n) is 7.98. The first-order chi connectivity index (χ1) is 34.0. The van der Waals surface area contributed by atoms with Crippen LogP contribution in [0.5, 0.6) is 0 Å². The van der Waals surface area contributed by atoms with Gasteiger partial charge in [0.05, 0.1) is 0 Å². The number of rotatable bonds is 52. The predicted molar refractivity (Wildman–Crippen MR) is 297 cm³/mol. The second-order valence-corrected chi connectivity index (χ2v) is 19.2. The molecule has 0 rings (SSSR count). The molecule has 0 saturated carbocycles. The molecule has 396 valence electrons. The van der Waals surface area contributed by atoms with Crippen LogP contribution >= 0.6 is 0 Å². The van der Waals surface area contributed by atoms with Crippen LogP contribution in [-0.2, 0) is 28.6 Å². The smallest absolute Gasteiger partial charge is 0.306 e. The number of unbranched alkanes of at least 4 members (excludes halogenated alkanes) is 27. The molecular formula is C63H108O6. The van der Waals surface area contributed by atoms with E-state index in [0.29, 0.717) is 19.3 Å². The molecule has 1 unspecified atom stereocenters. The molecule has 0 N–H and O–H groups in total. The van der Waals surface area contributed by atoms with Crippen LogP contribution in [0, 0.1) is 0 Å². The van der Waals surface area contributed by atoms with Gasteiger partial charge in [-0.2, -0.15) is 0 Å². The lowest BCUT2D eigenvalue weighted by Gasteiger charge is -2.18. The Balaban J connectivity index is 4.20. The fourth-order valence-corrected chi connectivity index (χ4v) is 7.98. The van der Waals surface area contributed by atoms with Gasteiger partial charge in [0.1, 0.15) is 13.2 Å². The molecule has 69 heavy (non-hydrogen) atoms. The average molecular weight is 962 g/mol. The van der Waals surface area contributed by atoms with Crippen molar-refractivity contribution in [1.82, 2.24) is 0 Å². The van der Waals surface area contributed by atoms with Crippen LogP contribution in [0.3, 0.4) is 0 Å². The van der Waals surface area contributed by atoms with Crippen molar-refractivity contribution >= 4 is 17.9 Å². The summed E-state index contributed by atoms with van der Waals surface area (Å²) in [6.45, 7) is 6.41.